The monoisotopic (exact) mass is 502 g/mol. The highest BCUT2D eigenvalue weighted by molar-refractivity contribution is 6.04. The van der Waals surface area contributed by atoms with Gasteiger partial charge in [0.05, 0.1) is 19.9 Å². The molecule has 6 heteroatoms. The minimum Gasteiger partial charge on any atom is -0.497 e. The Bertz CT molecular complexity index is 1150. The standard InChI is InChI=1S/C31H35FN2O3/c1-36-29-20-28(21-30(22-29)37-2)34(31(35)13-10-24-8-11-27(32)12-9-24)19-16-25-14-17-33(18-15-25)23-26-6-4-3-5-7-26/h3-13,20-22,25H,14-19,23H2,1-2H3/b13-10+. The van der Waals surface area contributed by atoms with Gasteiger partial charge in [-0.05, 0) is 67.6 Å². The van der Waals surface area contributed by atoms with Crippen LogP contribution in [0, 0.1) is 11.7 Å². The van der Waals surface area contributed by atoms with E-state index in [1.165, 1.54) is 17.7 Å². The molecule has 0 spiro atoms. The van der Waals surface area contributed by atoms with Gasteiger partial charge in [0.2, 0.25) is 0 Å². The smallest absolute Gasteiger partial charge is 0.250 e. The van der Waals surface area contributed by atoms with Crippen LogP contribution >= 0.6 is 0 Å². The van der Waals surface area contributed by atoms with Crippen molar-refractivity contribution in [3.8, 4) is 11.5 Å². The average Bonchev–Trinajstić information content (AvgIpc) is 2.94. The summed E-state index contributed by atoms with van der Waals surface area (Å²) >= 11 is 0. The lowest BCUT2D eigenvalue weighted by Crippen LogP contribution is -2.36. The maximum Gasteiger partial charge on any atom is 0.250 e. The van der Waals surface area contributed by atoms with Crippen molar-refractivity contribution in [1.29, 1.82) is 0 Å². The normalized spacial score (nSPS) is 14.6. The number of ether oxygens (including phenoxy) is 2. The number of carbonyl (C=O) groups is 1. The van der Waals surface area contributed by atoms with Gasteiger partial charge in [-0.25, -0.2) is 4.39 Å². The fourth-order valence-electron chi connectivity index (χ4n) is 4.73. The largest absolute Gasteiger partial charge is 0.497 e. The molecule has 0 unspecified atom stereocenters. The van der Waals surface area contributed by atoms with Gasteiger partial charge in [-0.1, -0.05) is 42.5 Å². The highest BCUT2D eigenvalue weighted by Crippen LogP contribution is 2.30. The molecule has 0 aliphatic carbocycles. The van der Waals surface area contributed by atoms with Crippen LogP contribution < -0.4 is 14.4 Å². The lowest BCUT2D eigenvalue weighted by Gasteiger charge is -2.33. The second kappa shape index (κ2) is 13.1. The first kappa shape index (κ1) is 26.4. The van der Waals surface area contributed by atoms with E-state index in [-0.39, 0.29) is 11.7 Å². The predicted molar refractivity (Wildman–Crippen MR) is 146 cm³/mol. The van der Waals surface area contributed by atoms with Gasteiger partial charge in [-0.3, -0.25) is 9.69 Å². The van der Waals surface area contributed by atoms with Gasteiger partial charge in [0.1, 0.15) is 17.3 Å². The number of likely N-dealkylation sites (tertiary alicyclic amines) is 1. The molecule has 1 fully saturated rings. The van der Waals surface area contributed by atoms with E-state index >= 15 is 0 Å². The maximum atomic E-state index is 13.4. The Morgan fingerprint density at radius 2 is 1.62 bits per heavy atom. The number of benzene rings is 3. The van der Waals surface area contributed by atoms with Crippen molar-refractivity contribution in [3.63, 3.8) is 0 Å². The van der Waals surface area contributed by atoms with E-state index in [4.69, 9.17) is 9.47 Å². The van der Waals surface area contributed by atoms with Gasteiger partial charge in [-0.15, -0.1) is 0 Å². The number of carbonyl (C=O) groups excluding carboxylic acids is 1. The molecule has 194 valence electrons. The average molecular weight is 503 g/mol. The highest BCUT2D eigenvalue weighted by atomic mass is 19.1. The molecule has 3 aromatic carbocycles. The summed E-state index contributed by atoms with van der Waals surface area (Å²) in [5, 5.41) is 0. The number of methoxy groups -OCH3 is 2. The lowest BCUT2D eigenvalue weighted by atomic mass is 9.93. The molecule has 1 heterocycles. The van der Waals surface area contributed by atoms with E-state index in [1.807, 2.05) is 12.1 Å². The summed E-state index contributed by atoms with van der Waals surface area (Å²) in [6.45, 7) is 3.69. The number of nitrogens with zero attached hydrogens (tertiary/aromatic N) is 2. The fourth-order valence-corrected chi connectivity index (χ4v) is 4.73. The number of halogens is 1. The van der Waals surface area contributed by atoms with Crippen LogP contribution in [0.5, 0.6) is 11.5 Å². The molecule has 0 aromatic heterocycles. The van der Waals surface area contributed by atoms with E-state index in [1.54, 1.807) is 49.5 Å². The van der Waals surface area contributed by atoms with Crippen molar-refractivity contribution in [2.75, 3.05) is 38.8 Å². The zero-order chi connectivity index (χ0) is 26.0. The van der Waals surface area contributed by atoms with E-state index in [0.29, 0.717) is 24.0 Å². The summed E-state index contributed by atoms with van der Waals surface area (Å²) in [7, 11) is 3.20. The van der Waals surface area contributed by atoms with Crippen molar-refractivity contribution in [3.05, 3.63) is 95.8 Å². The third-order valence-electron chi connectivity index (χ3n) is 6.92. The molecular weight excluding hydrogens is 467 g/mol. The fraction of sp³-hybridized carbons (Fsp3) is 0.323. The third kappa shape index (κ3) is 7.67. The van der Waals surface area contributed by atoms with Gasteiger partial charge < -0.3 is 14.4 Å². The number of amides is 1. The first-order valence-electron chi connectivity index (χ1n) is 12.8. The molecule has 5 nitrogen and oxygen atoms in total. The molecule has 3 aromatic rings. The molecular formula is C31H35FN2O3. The maximum absolute atomic E-state index is 13.4. The van der Waals surface area contributed by atoms with E-state index < -0.39 is 0 Å². The Morgan fingerprint density at radius 3 is 2.24 bits per heavy atom. The zero-order valence-corrected chi connectivity index (χ0v) is 21.6. The molecule has 0 radical (unpaired) electrons. The third-order valence-corrected chi connectivity index (χ3v) is 6.92. The van der Waals surface area contributed by atoms with Crippen LogP contribution in [0.2, 0.25) is 0 Å². The van der Waals surface area contributed by atoms with Crippen molar-refractivity contribution < 1.29 is 18.7 Å². The van der Waals surface area contributed by atoms with Gasteiger partial charge in [0.25, 0.3) is 5.91 Å². The number of hydrogen-bond donors (Lipinski definition) is 0. The predicted octanol–water partition coefficient (Wildman–Crippen LogP) is 6.19. The molecule has 0 N–H and O–H groups in total. The van der Waals surface area contributed by atoms with Crippen LogP contribution in [0.4, 0.5) is 10.1 Å². The Balaban J connectivity index is 1.43. The first-order chi connectivity index (χ1) is 18.0. The molecule has 1 aliphatic rings. The molecule has 1 saturated heterocycles. The molecule has 37 heavy (non-hydrogen) atoms. The van der Waals surface area contributed by atoms with E-state index in [0.717, 1.165) is 50.1 Å². The summed E-state index contributed by atoms with van der Waals surface area (Å²) in [5.74, 6) is 1.37. The number of anilines is 1. The summed E-state index contributed by atoms with van der Waals surface area (Å²) in [6, 6.07) is 22.2. The Labute approximate surface area is 219 Å². The van der Waals surface area contributed by atoms with Crippen LogP contribution in [-0.4, -0.2) is 44.7 Å². The van der Waals surface area contributed by atoms with E-state index in [2.05, 4.69) is 35.2 Å². The van der Waals surface area contributed by atoms with E-state index in [9.17, 15) is 9.18 Å². The second-order valence-corrected chi connectivity index (χ2v) is 9.44. The van der Waals surface area contributed by atoms with Gasteiger partial charge >= 0.3 is 0 Å². The van der Waals surface area contributed by atoms with Crippen LogP contribution in [0.3, 0.4) is 0 Å². The summed E-state index contributed by atoms with van der Waals surface area (Å²) in [4.78, 5) is 17.7. The Kier molecular flexibility index (Phi) is 9.33. The Morgan fingerprint density at radius 1 is 0.973 bits per heavy atom. The zero-order valence-electron chi connectivity index (χ0n) is 21.6. The molecule has 4 rings (SSSR count). The molecule has 1 aliphatic heterocycles. The van der Waals surface area contributed by atoms with Crippen molar-refractivity contribution in [2.24, 2.45) is 5.92 Å². The van der Waals surface area contributed by atoms with Crippen LogP contribution in [0.25, 0.3) is 6.08 Å². The second-order valence-electron chi connectivity index (χ2n) is 9.44. The highest BCUT2D eigenvalue weighted by Gasteiger charge is 2.22. The van der Waals surface area contributed by atoms with Gasteiger partial charge in [0, 0.05) is 37.4 Å². The van der Waals surface area contributed by atoms with Crippen LogP contribution in [-0.2, 0) is 11.3 Å². The van der Waals surface area contributed by atoms with Crippen LogP contribution in [0.1, 0.15) is 30.4 Å². The lowest BCUT2D eigenvalue weighted by molar-refractivity contribution is -0.114. The summed E-state index contributed by atoms with van der Waals surface area (Å²) in [5.41, 5.74) is 2.84. The molecule has 0 bridgehead atoms. The number of piperidine rings is 1. The van der Waals surface area contributed by atoms with Crippen LogP contribution in [0.15, 0.2) is 78.9 Å². The number of hydrogen-bond acceptors (Lipinski definition) is 4. The molecule has 0 atom stereocenters. The Hall–Kier alpha value is -3.64. The van der Waals surface area contributed by atoms with Gasteiger partial charge in [-0.2, -0.15) is 0 Å². The topological polar surface area (TPSA) is 42.0 Å². The first-order valence-corrected chi connectivity index (χ1v) is 12.8. The molecule has 0 saturated carbocycles. The van der Waals surface area contributed by atoms with Crippen molar-refractivity contribution in [2.45, 2.75) is 25.8 Å². The quantitative estimate of drug-likeness (QED) is 0.310. The van der Waals surface area contributed by atoms with Gasteiger partial charge in [0.15, 0.2) is 0 Å². The minimum atomic E-state index is -0.302. The minimum absolute atomic E-state index is 0.138. The SMILES string of the molecule is COc1cc(OC)cc(N(CCC2CCN(Cc3ccccc3)CC2)C(=O)/C=C/c2ccc(F)cc2)c1. The summed E-state index contributed by atoms with van der Waals surface area (Å²) in [6.07, 6.45) is 6.40. The van der Waals surface area contributed by atoms with Crippen molar-refractivity contribution in [1.82, 2.24) is 4.90 Å². The van der Waals surface area contributed by atoms with Crippen molar-refractivity contribution >= 4 is 17.7 Å². The summed E-state index contributed by atoms with van der Waals surface area (Å²) < 4.78 is 24.2. The molecule has 1 amide bonds. The number of rotatable bonds is 10.